The monoisotopic (exact) mass is 205 g/mol. The van der Waals surface area contributed by atoms with Gasteiger partial charge in [0, 0.05) is 22.1 Å². The minimum atomic E-state index is 0.0709. The molecule has 0 aromatic heterocycles. The Balaban J connectivity index is 2.30. The van der Waals surface area contributed by atoms with Crippen LogP contribution in [-0.2, 0) is 6.54 Å². The van der Waals surface area contributed by atoms with Crippen LogP contribution in [0.2, 0.25) is 6.55 Å². The van der Waals surface area contributed by atoms with Gasteiger partial charge in [-0.3, -0.25) is 0 Å². The van der Waals surface area contributed by atoms with Gasteiger partial charge in [0.1, 0.15) is 0 Å². The summed E-state index contributed by atoms with van der Waals surface area (Å²) in [5.74, 6) is 0. The van der Waals surface area contributed by atoms with Crippen molar-refractivity contribution in [2.24, 2.45) is 0 Å². The van der Waals surface area contributed by atoms with E-state index in [0.717, 1.165) is 6.54 Å². The molecule has 2 heteroatoms. The fraction of sp³-hybridized carbons (Fsp3) is 0.333. The minimum absolute atomic E-state index is 0.0709. The summed E-state index contributed by atoms with van der Waals surface area (Å²) in [6.45, 7) is 5.45. The van der Waals surface area contributed by atoms with E-state index in [-0.39, 0.29) is 9.52 Å². The summed E-state index contributed by atoms with van der Waals surface area (Å²) in [6.07, 6.45) is 2.27. The highest BCUT2D eigenvalue weighted by atomic mass is 28.2. The summed E-state index contributed by atoms with van der Waals surface area (Å²) in [6, 6.07) is 11.0. The van der Waals surface area contributed by atoms with Crippen molar-refractivity contribution in [1.29, 1.82) is 0 Å². The molecule has 0 amide bonds. The van der Waals surface area contributed by atoms with Gasteiger partial charge in [0.15, 0.2) is 0 Å². The highest BCUT2D eigenvalue weighted by Gasteiger charge is 1.95. The molecule has 1 unspecified atom stereocenters. The first-order valence-electron chi connectivity index (χ1n) is 5.27. The van der Waals surface area contributed by atoms with Crippen LogP contribution in [0.15, 0.2) is 42.1 Å². The molecular weight excluding hydrogens is 186 g/mol. The zero-order valence-corrected chi connectivity index (χ0v) is 10.4. The molecule has 0 heterocycles. The third-order valence-corrected chi connectivity index (χ3v) is 2.88. The summed E-state index contributed by atoms with van der Waals surface area (Å²) in [5, 5.41) is 3.47. The number of nitrogens with one attached hydrogen (secondary N) is 1. The predicted octanol–water partition coefficient (Wildman–Crippen LogP) is 1.90. The van der Waals surface area contributed by atoms with Crippen molar-refractivity contribution in [2.75, 3.05) is 0 Å². The van der Waals surface area contributed by atoms with E-state index in [9.17, 15) is 0 Å². The first kappa shape index (κ1) is 11.2. The van der Waals surface area contributed by atoms with Crippen LogP contribution in [0.1, 0.15) is 12.5 Å². The van der Waals surface area contributed by atoms with Gasteiger partial charge >= 0.3 is 0 Å². The average Bonchev–Trinajstić information content (AvgIpc) is 2.25. The molecular formula is C12H19NSi. The van der Waals surface area contributed by atoms with E-state index < -0.39 is 0 Å². The van der Waals surface area contributed by atoms with Gasteiger partial charge in [0.25, 0.3) is 0 Å². The summed E-state index contributed by atoms with van der Waals surface area (Å²) < 4.78 is 0. The van der Waals surface area contributed by atoms with E-state index in [0.29, 0.717) is 6.04 Å². The largest absolute Gasteiger partial charge is 0.307 e. The van der Waals surface area contributed by atoms with Crippen LogP contribution in [0.25, 0.3) is 0 Å². The Labute approximate surface area is 89.1 Å². The van der Waals surface area contributed by atoms with Gasteiger partial charge in [0.05, 0.1) is 0 Å². The molecule has 1 aromatic rings. The summed E-state index contributed by atoms with van der Waals surface area (Å²) in [5.41, 5.74) is 3.68. The average molecular weight is 205 g/mol. The highest BCUT2D eigenvalue weighted by Crippen LogP contribution is 1.98. The Morgan fingerprint density at radius 1 is 1.36 bits per heavy atom. The molecule has 0 spiro atoms. The fourth-order valence-corrected chi connectivity index (χ4v) is 1.96. The first-order valence-corrected chi connectivity index (χ1v) is 7.50. The lowest BCUT2D eigenvalue weighted by Gasteiger charge is -2.09. The van der Waals surface area contributed by atoms with Gasteiger partial charge in [-0.25, -0.2) is 0 Å². The van der Waals surface area contributed by atoms with Crippen molar-refractivity contribution in [2.45, 2.75) is 26.1 Å². The molecule has 0 radical (unpaired) electrons. The van der Waals surface area contributed by atoms with Crippen LogP contribution in [0.5, 0.6) is 0 Å². The van der Waals surface area contributed by atoms with Crippen molar-refractivity contribution >= 4 is 9.52 Å². The molecule has 1 rings (SSSR count). The minimum Gasteiger partial charge on any atom is -0.307 e. The molecule has 0 saturated carbocycles. The third kappa shape index (κ3) is 4.39. The first-order chi connectivity index (χ1) is 6.83. The lowest BCUT2D eigenvalue weighted by Crippen LogP contribution is -2.23. The van der Waals surface area contributed by atoms with Crippen LogP contribution < -0.4 is 5.32 Å². The molecule has 76 valence electrons. The lowest BCUT2D eigenvalue weighted by molar-refractivity contribution is 0.634. The van der Waals surface area contributed by atoms with Crippen LogP contribution >= 0.6 is 0 Å². The number of hydrogen-bond donors (Lipinski definition) is 1. The second-order valence-electron chi connectivity index (χ2n) is 3.49. The Morgan fingerprint density at radius 2 is 2.07 bits per heavy atom. The van der Waals surface area contributed by atoms with Crippen LogP contribution in [0, 0.1) is 0 Å². The Morgan fingerprint density at radius 3 is 2.71 bits per heavy atom. The smallest absolute Gasteiger partial charge is 0.0420 e. The molecule has 0 bridgehead atoms. The van der Waals surface area contributed by atoms with E-state index in [2.05, 4.69) is 60.9 Å². The quantitative estimate of drug-likeness (QED) is 0.724. The zero-order valence-electron chi connectivity index (χ0n) is 9.03. The summed E-state index contributed by atoms with van der Waals surface area (Å²) in [4.78, 5) is 0. The molecule has 14 heavy (non-hydrogen) atoms. The number of hydrogen-bond acceptors (Lipinski definition) is 1. The van der Waals surface area contributed by atoms with Crippen LogP contribution in [0.4, 0.5) is 0 Å². The fourth-order valence-electron chi connectivity index (χ4n) is 1.28. The normalized spacial score (nSPS) is 14.1. The maximum atomic E-state index is 3.47. The summed E-state index contributed by atoms with van der Waals surface area (Å²) >= 11 is 0. The van der Waals surface area contributed by atoms with Gasteiger partial charge in [-0.1, -0.05) is 43.0 Å². The Hall–Kier alpha value is -0.863. The van der Waals surface area contributed by atoms with Gasteiger partial charge < -0.3 is 5.32 Å². The van der Waals surface area contributed by atoms with E-state index in [4.69, 9.17) is 0 Å². The van der Waals surface area contributed by atoms with Crippen molar-refractivity contribution in [3.8, 4) is 0 Å². The number of benzene rings is 1. The second-order valence-corrected chi connectivity index (χ2v) is 4.78. The second kappa shape index (κ2) is 6.57. The predicted molar refractivity (Wildman–Crippen MR) is 66.3 cm³/mol. The molecule has 0 aliphatic carbocycles. The Bertz CT molecular complexity index is 269. The third-order valence-electron chi connectivity index (χ3n) is 2.13. The van der Waals surface area contributed by atoms with E-state index in [1.807, 2.05) is 0 Å². The van der Waals surface area contributed by atoms with Crippen molar-refractivity contribution < 1.29 is 0 Å². The van der Waals surface area contributed by atoms with Gasteiger partial charge in [-0.2, -0.15) is 0 Å². The molecule has 0 saturated heterocycles. The highest BCUT2D eigenvalue weighted by molar-refractivity contribution is 6.40. The molecule has 0 aliphatic rings. The zero-order chi connectivity index (χ0) is 10.2. The topological polar surface area (TPSA) is 12.0 Å². The van der Waals surface area contributed by atoms with Gasteiger partial charge in [-0.05, 0) is 12.5 Å². The van der Waals surface area contributed by atoms with Crippen LogP contribution in [-0.4, -0.2) is 15.6 Å². The maximum absolute atomic E-state index is 3.47. The number of rotatable bonds is 5. The molecule has 1 nitrogen and oxygen atoms in total. The lowest BCUT2D eigenvalue weighted by atomic mass is 10.2. The molecule has 1 N–H and O–H groups in total. The van der Waals surface area contributed by atoms with Gasteiger partial charge in [-0.15, -0.1) is 5.70 Å². The van der Waals surface area contributed by atoms with Gasteiger partial charge in [0.2, 0.25) is 0 Å². The standard InChI is InChI=1S/C12H19NSi/c1-11(8-9-14-2)13-10-12-6-4-3-5-7-12/h3-9,11,13H,10,14H2,1-2H3. The van der Waals surface area contributed by atoms with E-state index in [1.165, 1.54) is 5.56 Å². The van der Waals surface area contributed by atoms with E-state index >= 15 is 0 Å². The molecule has 0 aliphatic heterocycles. The Kier molecular flexibility index (Phi) is 5.26. The van der Waals surface area contributed by atoms with Crippen LogP contribution in [0.3, 0.4) is 0 Å². The van der Waals surface area contributed by atoms with Crippen molar-refractivity contribution in [3.63, 3.8) is 0 Å². The van der Waals surface area contributed by atoms with Crippen molar-refractivity contribution in [3.05, 3.63) is 47.7 Å². The summed E-state index contributed by atoms with van der Waals surface area (Å²) in [7, 11) is 0.0709. The SMILES string of the molecule is C[SiH2]C=CC(C)NCc1ccccc1. The molecule has 0 fully saturated rings. The maximum Gasteiger partial charge on any atom is 0.0420 e. The molecule has 1 aromatic carbocycles. The van der Waals surface area contributed by atoms with E-state index in [1.54, 1.807) is 0 Å². The molecule has 1 atom stereocenters. The van der Waals surface area contributed by atoms with Crippen molar-refractivity contribution in [1.82, 2.24) is 5.32 Å².